The first-order valence-corrected chi connectivity index (χ1v) is 7.85. The summed E-state index contributed by atoms with van der Waals surface area (Å²) in [5, 5.41) is 3.52. The average Bonchev–Trinajstić information content (AvgIpc) is 3.08. The molecule has 0 radical (unpaired) electrons. The van der Waals surface area contributed by atoms with Crippen molar-refractivity contribution in [3.63, 3.8) is 0 Å². The van der Waals surface area contributed by atoms with Crippen LogP contribution in [0.3, 0.4) is 0 Å². The van der Waals surface area contributed by atoms with Crippen LogP contribution < -0.4 is 10.2 Å². The molecule has 0 atom stereocenters. The van der Waals surface area contributed by atoms with Crippen LogP contribution in [0.5, 0.6) is 0 Å². The lowest BCUT2D eigenvalue weighted by Crippen LogP contribution is -2.25. The molecule has 1 aliphatic rings. The lowest BCUT2D eigenvalue weighted by Gasteiger charge is -2.16. The predicted octanol–water partition coefficient (Wildman–Crippen LogP) is 3.27. The topological polar surface area (TPSA) is 45.2 Å². The quantitative estimate of drug-likeness (QED) is 0.942. The Labute approximate surface area is 135 Å². The van der Waals surface area contributed by atoms with Crippen LogP contribution in [0.25, 0.3) is 0 Å². The number of hydrogen-bond donors (Lipinski definition) is 1. The maximum absolute atomic E-state index is 12.3. The van der Waals surface area contributed by atoms with E-state index in [9.17, 15) is 4.79 Å². The van der Waals surface area contributed by atoms with Gasteiger partial charge in [0.15, 0.2) is 0 Å². The molecule has 1 amide bonds. The summed E-state index contributed by atoms with van der Waals surface area (Å²) < 4.78 is 0. The molecule has 0 bridgehead atoms. The van der Waals surface area contributed by atoms with E-state index in [-0.39, 0.29) is 5.91 Å². The molecular formula is C17H18ClN3O. The molecule has 1 aliphatic heterocycles. The number of nitrogens with one attached hydrogen (secondary N) is 1. The van der Waals surface area contributed by atoms with E-state index in [4.69, 9.17) is 11.6 Å². The van der Waals surface area contributed by atoms with Gasteiger partial charge in [0, 0.05) is 24.7 Å². The zero-order valence-electron chi connectivity index (χ0n) is 12.3. The van der Waals surface area contributed by atoms with Crippen molar-refractivity contribution < 1.29 is 4.79 Å². The van der Waals surface area contributed by atoms with Crippen LogP contribution in [-0.4, -0.2) is 24.0 Å². The number of hydrogen-bond acceptors (Lipinski definition) is 3. The summed E-state index contributed by atoms with van der Waals surface area (Å²) >= 11 is 6.09. The van der Waals surface area contributed by atoms with Crippen molar-refractivity contribution in [2.45, 2.75) is 19.4 Å². The third kappa shape index (κ3) is 3.39. The summed E-state index contributed by atoms with van der Waals surface area (Å²) in [6.45, 7) is 2.42. The number of anilines is 1. The van der Waals surface area contributed by atoms with E-state index in [1.807, 2.05) is 36.4 Å². The van der Waals surface area contributed by atoms with E-state index in [1.165, 1.54) is 12.8 Å². The number of carbonyl (C=O) groups excluding carboxylic acids is 1. The van der Waals surface area contributed by atoms with Gasteiger partial charge < -0.3 is 10.2 Å². The molecular weight excluding hydrogens is 298 g/mol. The van der Waals surface area contributed by atoms with Crippen LogP contribution in [-0.2, 0) is 6.54 Å². The highest BCUT2D eigenvalue weighted by Gasteiger charge is 2.15. The number of aromatic nitrogens is 1. The molecule has 114 valence electrons. The monoisotopic (exact) mass is 315 g/mol. The van der Waals surface area contributed by atoms with Crippen LogP contribution in [0.15, 0.2) is 42.5 Å². The minimum atomic E-state index is -0.180. The highest BCUT2D eigenvalue weighted by molar-refractivity contribution is 6.31. The number of halogens is 1. The van der Waals surface area contributed by atoms with E-state index in [0.717, 1.165) is 24.5 Å². The normalized spacial score (nSPS) is 14.1. The summed E-state index contributed by atoms with van der Waals surface area (Å²) in [6, 6.07) is 13.1. The standard InChI is InChI=1S/C17H18ClN3O/c18-14-7-2-1-6-13(14)12-19-17(22)15-8-5-9-16(20-15)21-10-3-4-11-21/h1-2,5-9H,3-4,10-12H2,(H,19,22). The van der Waals surface area contributed by atoms with Gasteiger partial charge in [-0.05, 0) is 36.6 Å². The molecule has 1 fully saturated rings. The molecule has 0 unspecified atom stereocenters. The first-order valence-electron chi connectivity index (χ1n) is 7.47. The number of carbonyl (C=O) groups is 1. The summed E-state index contributed by atoms with van der Waals surface area (Å²) in [7, 11) is 0. The molecule has 0 saturated carbocycles. The highest BCUT2D eigenvalue weighted by atomic mass is 35.5. The summed E-state index contributed by atoms with van der Waals surface area (Å²) in [4.78, 5) is 18.9. The van der Waals surface area contributed by atoms with Crippen LogP contribution in [0.2, 0.25) is 5.02 Å². The first kappa shape index (κ1) is 14.9. The third-order valence-electron chi connectivity index (χ3n) is 3.79. The van der Waals surface area contributed by atoms with E-state index < -0.39 is 0 Å². The minimum absolute atomic E-state index is 0.180. The van der Waals surface area contributed by atoms with Crippen LogP contribution in [0.4, 0.5) is 5.82 Å². The first-order chi connectivity index (χ1) is 10.7. The number of benzene rings is 1. The fourth-order valence-corrected chi connectivity index (χ4v) is 2.78. The van der Waals surface area contributed by atoms with Gasteiger partial charge in [0.25, 0.3) is 5.91 Å². The Bertz CT molecular complexity index is 668. The maximum Gasteiger partial charge on any atom is 0.270 e. The number of nitrogens with zero attached hydrogens (tertiary/aromatic N) is 2. The SMILES string of the molecule is O=C(NCc1ccccc1Cl)c1cccc(N2CCCC2)n1. The molecule has 1 saturated heterocycles. The second kappa shape index (κ2) is 6.79. The second-order valence-electron chi connectivity index (χ2n) is 5.35. The van der Waals surface area contributed by atoms with Crippen molar-refractivity contribution in [1.82, 2.24) is 10.3 Å². The molecule has 4 nitrogen and oxygen atoms in total. The fraction of sp³-hybridized carbons (Fsp3) is 0.294. The zero-order valence-corrected chi connectivity index (χ0v) is 13.0. The fourth-order valence-electron chi connectivity index (χ4n) is 2.58. The molecule has 22 heavy (non-hydrogen) atoms. The maximum atomic E-state index is 12.3. The van der Waals surface area contributed by atoms with Gasteiger partial charge in [-0.15, -0.1) is 0 Å². The van der Waals surface area contributed by atoms with Gasteiger partial charge in [0.05, 0.1) is 0 Å². The Kier molecular flexibility index (Phi) is 4.59. The predicted molar refractivity (Wildman–Crippen MR) is 88.3 cm³/mol. The highest BCUT2D eigenvalue weighted by Crippen LogP contribution is 2.18. The third-order valence-corrected chi connectivity index (χ3v) is 4.16. The molecule has 5 heteroatoms. The summed E-state index contributed by atoms with van der Waals surface area (Å²) in [6.07, 6.45) is 2.37. The number of amides is 1. The molecule has 0 spiro atoms. The van der Waals surface area contributed by atoms with E-state index >= 15 is 0 Å². The smallest absolute Gasteiger partial charge is 0.270 e. The van der Waals surface area contributed by atoms with Crippen LogP contribution in [0.1, 0.15) is 28.9 Å². The molecule has 1 aromatic carbocycles. The van der Waals surface area contributed by atoms with Crippen molar-refractivity contribution in [1.29, 1.82) is 0 Å². The van der Waals surface area contributed by atoms with E-state index in [1.54, 1.807) is 6.07 Å². The van der Waals surface area contributed by atoms with Crippen molar-refractivity contribution in [2.24, 2.45) is 0 Å². The Balaban J connectivity index is 1.67. The van der Waals surface area contributed by atoms with Gasteiger partial charge in [-0.2, -0.15) is 0 Å². The minimum Gasteiger partial charge on any atom is -0.357 e. The van der Waals surface area contributed by atoms with Crippen LogP contribution in [0, 0.1) is 0 Å². The van der Waals surface area contributed by atoms with Gasteiger partial charge >= 0.3 is 0 Å². The zero-order chi connectivity index (χ0) is 15.4. The van der Waals surface area contributed by atoms with Gasteiger partial charge in [0.1, 0.15) is 11.5 Å². The second-order valence-corrected chi connectivity index (χ2v) is 5.76. The molecule has 1 aromatic heterocycles. The summed E-state index contributed by atoms with van der Waals surface area (Å²) in [5.74, 6) is 0.698. The van der Waals surface area contributed by atoms with Gasteiger partial charge in [-0.25, -0.2) is 4.98 Å². The van der Waals surface area contributed by atoms with Gasteiger partial charge in [0.2, 0.25) is 0 Å². The van der Waals surface area contributed by atoms with Gasteiger partial charge in [-0.1, -0.05) is 35.9 Å². The average molecular weight is 316 g/mol. The van der Waals surface area contributed by atoms with Crippen molar-refractivity contribution >= 4 is 23.3 Å². The molecule has 3 rings (SSSR count). The van der Waals surface area contributed by atoms with Crippen LogP contribution >= 0.6 is 11.6 Å². The van der Waals surface area contributed by atoms with E-state index in [2.05, 4.69) is 15.2 Å². The van der Waals surface area contributed by atoms with Crippen molar-refractivity contribution in [3.8, 4) is 0 Å². The Morgan fingerprint density at radius 3 is 2.68 bits per heavy atom. The van der Waals surface area contributed by atoms with Gasteiger partial charge in [-0.3, -0.25) is 4.79 Å². The lowest BCUT2D eigenvalue weighted by molar-refractivity contribution is 0.0946. The molecule has 1 N–H and O–H groups in total. The Hall–Kier alpha value is -2.07. The Morgan fingerprint density at radius 2 is 1.91 bits per heavy atom. The number of rotatable bonds is 4. The van der Waals surface area contributed by atoms with Crippen molar-refractivity contribution in [2.75, 3.05) is 18.0 Å². The summed E-state index contributed by atoms with van der Waals surface area (Å²) in [5.41, 5.74) is 1.34. The molecule has 0 aliphatic carbocycles. The van der Waals surface area contributed by atoms with Crippen molar-refractivity contribution in [3.05, 3.63) is 58.7 Å². The van der Waals surface area contributed by atoms with E-state index in [0.29, 0.717) is 17.3 Å². The Morgan fingerprint density at radius 1 is 1.14 bits per heavy atom. The lowest BCUT2D eigenvalue weighted by atomic mass is 10.2. The molecule has 2 aromatic rings. The number of pyridine rings is 1. The largest absolute Gasteiger partial charge is 0.357 e. The molecule has 2 heterocycles.